The molecule has 0 aliphatic carbocycles. The smallest absolute Gasteiger partial charge is 0.106 e. The predicted molar refractivity (Wildman–Crippen MR) is 71.5 cm³/mol. The van der Waals surface area contributed by atoms with E-state index < -0.39 is 6.10 Å². The summed E-state index contributed by atoms with van der Waals surface area (Å²) in [7, 11) is 0. The molecule has 84 valence electrons. The topological polar surface area (TPSA) is 33.4 Å². The van der Waals surface area contributed by atoms with Crippen LogP contribution in [0.2, 0.25) is 5.02 Å². The van der Waals surface area contributed by atoms with Crippen LogP contribution >= 0.6 is 34.2 Å². The standard InChI is InChI=1S/C12H10ClIO2/c13-8-3-4-11(14)10(6-8)12(15)7-9-2-1-5-16-9/h1-6,12,15H,7H2. The Balaban J connectivity index is 2.20. The predicted octanol–water partition coefficient (Wildman–Crippen LogP) is 3.81. The highest BCUT2D eigenvalue weighted by Crippen LogP contribution is 2.26. The van der Waals surface area contributed by atoms with Gasteiger partial charge in [0.1, 0.15) is 5.76 Å². The molecule has 2 rings (SSSR count). The molecule has 0 bridgehead atoms. The van der Waals surface area contributed by atoms with Gasteiger partial charge in [-0.1, -0.05) is 11.6 Å². The lowest BCUT2D eigenvalue weighted by molar-refractivity contribution is 0.169. The second kappa shape index (κ2) is 5.21. The fourth-order valence-electron chi connectivity index (χ4n) is 1.50. The molecule has 1 aromatic heterocycles. The summed E-state index contributed by atoms with van der Waals surface area (Å²) in [6, 6.07) is 9.15. The Labute approximate surface area is 112 Å². The van der Waals surface area contributed by atoms with Crippen molar-refractivity contribution in [2.45, 2.75) is 12.5 Å². The van der Waals surface area contributed by atoms with Crippen molar-refractivity contribution in [1.29, 1.82) is 0 Å². The van der Waals surface area contributed by atoms with Gasteiger partial charge >= 0.3 is 0 Å². The highest BCUT2D eigenvalue weighted by atomic mass is 127. The molecule has 0 saturated carbocycles. The van der Waals surface area contributed by atoms with E-state index in [0.29, 0.717) is 11.4 Å². The third-order valence-electron chi connectivity index (χ3n) is 2.29. The van der Waals surface area contributed by atoms with Crippen molar-refractivity contribution < 1.29 is 9.52 Å². The average molecular weight is 349 g/mol. The largest absolute Gasteiger partial charge is 0.469 e. The molecule has 1 atom stereocenters. The molecule has 2 nitrogen and oxygen atoms in total. The first-order valence-electron chi connectivity index (χ1n) is 4.82. The fourth-order valence-corrected chi connectivity index (χ4v) is 2.37. The quantitative estimate of drug-likeness (QED) is 0.856. The van der Waals surface area contributed by atoms with E-state index in [9.17, 15) is 5.11 Å². The molecule has 1 heterocycles. The maximum absolute atomic E-state index is 10.1. The third kappa shape index (κ3) is 2.78. The van der Waals surface area contributed by atoms with Crippen LogP contribution in [0.3, 0.4) is 0 Å². The third-order valence-corrected chi connectivity index (χ3v) is 3.51. The van der Waals surface area contributed by atoms with E-state index in [2.05, 4.69) is 22.6 Å². The van der Waals surface area contributed by atoms with Crippen LogP contribution in [-0.4, -0.2) is 5.11 Å². The van der Waals surface area contributed by atoms with Crippen LogP contribution in [0.1, 0.15) is 17.4 Å². The number of hydrogen-bond acceptors (Lipinski definition) is 2. The van der Waals surface area contributed by atoms with Crippen LogP contribution in [-0.2, 0) is 6.42 Å². The molecule has 4 heteroatoms. The van der Waals surface area contributed by atoms with Gasteiger partial charge in [-0.05, 0) is 58.5 Å². The van der Waals surface area contributed by atoms with Crippen molar-refractivity contribution in [3.63, 3.8) is 0 Å². The van der Waals surface area contributed by atoms with Gasteiger partial charge in [-0.3, -0.25) is 0 Å². The number of aliphatic hydroxyl groups is 1. The number of rotatable bonds is 3. The Morgan fingerprint density at radius 2 is 2.19 bits per heavy atom. The minimum atomic E-state index is -0.586. The maximum atomic E-state index is 10.1. The van der Waals surface area contributed by atoms with Crippen LogP contribution in [0, 0.1) is 3.57 Å². The molecule has 0 fully saturated rings. The highest BCUT2D eigenvalue weighted by Gasteiger charge is 2.13. The lowest BCUT2D eigenvalue weighted by Gasteiger charge is -2.11. The van der Waals surface area contributed by atoms with Crippen LogP contribution in [0.5, 0.6) is 0 Å². The van der Waals surface area contributed by atoms with Gasteiger partial charge < -0.3 is 9.52 Å². The minimum Gasteiger partial charge on any atom is -0.469 e. The molecule has 0 aliphatic heterocycles. The molecule has 2 aromatic rings. The van der Waals surface area contributed by atoms with Gasteiger partial charge in [0.05, 0.1) is 12.4 Å². The van der Waals surface area contributed by atoms with E-state index in [-0.39, 0.29) is 0 Å². The van der Waals surface area contributed by atoms with Crippen molar-refractivity contribution in [2.75, 3.05) is 0 Å². The van der Waals surface area contributed by atoms with Crippen molar-refractivity contribution in [3.05, 3.63) is 56.5 Å². The van der Waals surface area contributed by atoms with Crippen molar-refractivity contribution in [1.82, 2.24) is 0 Å². The molecular weight excluding hydrogens is 338 g/mol. The monoisotopic (exact) mass is 348 g/mol. The number of furan rings is 1. The van der Waals surface area contributed by atoms with Gasteiger partial charge in [0.15, 0.2) is 0 Å². The number of benzene rings is 1. The Morgan fingerprint density at radius 1 is 1.38 bits per heavy atom. The zero-order chi connectivity index (χ0) is 11.5. The van der Waals surface area contributed by atoms with Gasteiger partial charge in [0.25, 0.3) is 0 Å². The SMILES string of the molecule is OC(Cc1ccco1)c1cc(Cl)ccc1I. The van der Waals surface area contributed by atoms with Gasteiger partial charge in [0, 0.05) is 15.0 Å². The Morgan fingerprint density at radius 3 is 2.88 bits per heavy atom. The molecule has 0 aliphatic rings. The first-order valence-corrected chi connectivity index (χ1v) is 6.28. The van der Waals surface area contributed by atoms with Crippen LogP contribution in [0.4, 0.5) is 0 Å². The maximum Gasteiger partial charge on any atom is 0.106 e. The molecule has 0 amide bonds. The van der Waals surface area contributed by atoms with E-state index >= 15 is 0 Å². The van der Waals surface area contributed by atoms with Gasteiger partial charge in [-0.15, -0.1) is 0 Å². The molecule has 1 unspecified atom stereocenters. The number of hydrogen-bond donors (Lipinski definition) is 1. The summed E-state index contributed by atoms with van der Waals surface area (Å²) in [6.07, 6.45) is 1.48. The minimum absolute atomic E-state index is 0.462. The highest BCUT2D eigenvalue weighted by molar-refractivity contribution is 14.1. The zero-order valence-corrected chi connectivity index (χ0v) is 11.3. The fraction of sp³-hybridized carbons (Fsp3) is 0.167. The molecule has 0 saturated heterocycles. The summed E-state index contributed by atoms with van der Waals surface area (Å²) < 4.78 is 6.20. The molecule has 0 spiro atoms. The average Bonchev–Trinajstić information content (AvgIpc) is 2.74. The summed E-state index contributed by atoms with van der Waals surface area (Å²) in [5, 5.41) is 10.7. The summed E-state index contributed by atoms with van der Waals surface area (Å²) >= 11 is 8.09. The Kier molecular flexibility index (Phi) is 3.89. The van der Waals surface area contributed by atoms with Crippen molar-refractivity contribution >= 4 is 34.2 Å². The number of halogens is 2. The summed E-state index contributed by atoms with van der Waals surface area (Å²) in [4.78, 5) is 0. The molecule has 16 heavy (non-hydrogen) atoms. The summed E-state index contributed by atoms with van der Waals surface area (Å²) in [6.45, 7) is 0. The first-order chi connectivity index (χ1) is 7.66. The van der Waals surface area contributed by atoms with Crippen molar-refractivity contribution in [2.24, 2.45) is 0 Å². The van der Waals surface area contributed by atoms with Crippen LogP contribution in [0.25, 0.3) is 0 Å². The lowest BCUT2D eigenvalue weighted by atomic mass is 10.1. The van der Waals surface area contributed by atoms with Crippen LogP contribution in [0.15, 0.2) is 41.0 Å². The lowest BCUT2D eigenvalue weighted by Crippen LogP contribution is -2.03. The van der Waals surface area contributed by atoms with Crippen molar-refractivity contribution in [3.8, 4) is 0 Å². The first kappa shape index (κ1) is 12.0. The second-order valence-electron chi connectivity index (χ2n) is 3.47. The van der Waals surface area contributed by atoms with E-state index in [1.54, 1.807) is 12.3 Å². The van der Waals surface area contributed by atoms with Gasteiger partial charge in [0.2, 0.25) is 0 Å². The normalized spacial score (nSPS) is 12.7. The van der Waals surface area contributed by atoms with E-state index in [4.69, 9.17) is 16.0 Å². The zero-order valence-electron chi connectivity index (χ0n) is 8.36. The Bertz CT molecular complexity index is 468. The molecule has 1 N–H and O–H groups in total. The Hall–Kier alpha value is -0.520. The van der Waals surface area contributed by atoms with E-state index in [0.717, 1.165) is 14.9 Å². The number of aliphatic hydroxyl groups excluding tert-OH is 1. The molecule has 1 aromatic carbocycles. The summed E-state index contributed by atoms with van der Waals surface area (Å²) in [5.74, 6) is 0.767. The van der Waals surface area contributed by atoms with Crippen LogP contribution < -0.4 is 0 Å². The molecular formula is C12H10ClIO2. The molecule has 0 radical (unpaired) electrons. The summed E-state index contributed by atoms with van der Waals surface area (Å²) in [5.41, 5.74) is 0.838. The second-order valence-corrected chi connectivity index (χ2v) is 5.06. The van der Waals surface area contributed by atoms with Gasteiger partial charge in [-0.2, -0.15) is 0 Å². The van der Waals surface area contributed by atoms with Gasteiger partial charge in [-0.25, -0.2) is 0 Å². The van der Waals surface area contributed by atoms with E-state index in [1.165, 1.54) is 0 Å². The van der Waals surface area contributed by atoms with E-state index in [1.807, 2.05) is 24.3 Å².